The van der Waals surface area contributed by atoms with Gasteiger partial charge in [-0.05, 0) is 18.4 Å². The summed E-state index contributed by atoms with van der Waals surface area (Å²) in [6.07, 6.45) is 0.721. The number of amides is 3. The number of urea groups is 1. The van der Waals surface area contributed by atoms with E-state index in [9.17, 15) is 9.59 Å². The third kappa shape index (κ3) is 3.40. The first kappa shape index (κ1) is 16.0. The fourth-order valence-electron chi connectivity index (χ4n) is 2.28. The molecule has 1 aliphatic rings. The normalized spacial score (nSPS) is 15.7. The predicted octanol–water partition coefficient (Wildman–Crippen LogP) is 1.50. The lowest BCUT2D eigenvalue weighted by molar-refractivity contribution is -0.126. The zero-order chi connectivity index (χ0) is 16.4. The molecule has 1 unspecified atom stereocenters. The van der Waals surface area contributed by atoms with E-state index in [1.54, 1.807) is 18.3 Å². The van der Waals surface area contributed by atoms with Gasteiger partial charge in [-0.1, -0.05) is 17.8 Å². The van der Waals surface area contributed by atoms with Gasteiger partial charge < -0.3 is 9.88 Å². The number of imide groups is 1. The minimum atomic E-state index is -0.392. The molecule has 1 N–H and O–H groups in total. The summed E-state index contributed by atoms with van der Waals surface area (Å²) in [5.41, 5.74) is 0. The number of aromatic nitrogens is 3. The highest BCUT2D eigenvalue weighted by Crippen LogP contribution is 2.24. The Kier molecular flexibility index (Phi) is 4.67. The van der Waals surface area contributed by atoms with Gasteiger partial charge in [-0.15, -0.1) is 21.5 Å². The Hall–Kier alpha value is -1.87. The lowest BCUT2D eigenvalue weighted by atomic mass is 10.3. The molecule has 23 heavy (non-hydrogen) atoms. The Bertz CT molecular complexity index is 713. The summed E-state index contributed by atoms with van der Waals surface area (Å²) in [4.78, 5) is 26.4. The number of nitrogens with one attached hydrogen (secondary N) is 1. The first-order valence-corrected chi connectivity index (χ1v) is 8.98. The van der Waals surface area contributed by atoms with Crippen LogP contribution in [0.5, 0.6) is 0 Å². The third-order valence-corrected chi connectivity index (χ3v) is 5.59. The minimum Gasteiger partial charge on any atom is -0.336 e. The number of carbonyl (C=O) groups is 2. The van der Waals surface area contributed by atoms with Crippen molar-refractivity contribution < 1.29 is 9.59 Å². The summed E-state index contributed by atoms with van der Waals surface area (Å²) in [6.45, 7) is 2.72. The minimum absolute atomic E-state index is 0.201. The quantitative estimate of drug-likeness (QED) is 0.826. The van der Waals surface area contributed by atoms with Crippen LogP contribution in [0.1, 0.15) is 17.6 Å². The van der Waals surface area contributed by atoms with Gasteiger partial charge in [0.05, 0.1) is 5.25 Å². The van der Waals surface area contributed by atoms with E-state index >= 15 is 0 Å². The molecule has 2 aromatic rings. The van der Waals surface area contributed by atoms with Gasteiger partial charge in [-0.25, -0.2) is 4.79 Å². The van der Waals surface area contributed by atoms with Gasteiger partial charge in [-0.3, -0.25) is 9.69 Å². The molecule has 122 valence electrons. The van der Waals surface area contributed by atoms with Crippen LogP contribution in [0.2, 0.25) is 0 Å². The van der Waals surface area contributed by atoms with Crippen LogP contribution in [0.25, 0.3) is 0 Å². The molecule has 0 saturated carbocycles. The lowest BCUT2D eigenvalue weighted by Crippen LogP contribution is -2.39. The first-order valence-electron chi connectivity index (χ1n) is 7.23. The molecule has 1 saturated heterocycles. The standard InChI is InChI=1S/C14H17N5O2S2/c1-9(12(20)19-6-5-15-13(19)21)23-14-17-16-11(18(14)2)8-10-4-3-7-22-10/h3-4,7,9H,5-6,8H2,1-2H3,(H,15,21). The summed E-state index contributed by atoms with van der Waals surface area (Å²) >= 11 is 3.00. The summed E-state index contributed by atoms with van der Waals surface area (Å²) in [6, 6.07) is 3.75. The van der Waals surface area contributed by atoms with Crippen LogP contribution in [0, 0.1) is 0 Å². The molecule has 0 aliphatic carbocycles. The number of rotatable bonds is 5. The van der Waals surface area contributed by atoms with Crippen molar-refractivity contribution in [2.24, 2.45) is 7.05 Å². The van der Waals surface area contributed by atoms with Crippen molar-refractivity contribution in [3.05, 3.63) is 28.2 Å². The predicted molar refractivity (Wildman–Crippen MR) is 88.6 cm³/mol. The summed E-state index contributed by atoms with van der Waals surface area (Å²) in [5, 5.41) is 13.3. The SMILES string of the molecule is CC(Sc1nnc(Cc2cccs2)n1C)C(=O)N1CCNC1=O. The van der Waals surface area contributed by atoms with E-state index < -0.39 is 5.25 Å². The largest absolute Gasteiger partial charge is 0.336 e. The maximum atomic E-state index is 12.3. The van der Waals surface area contributed by atoms with Crippen molar-refractivity contribution in [3.8, 4) is 0 Å². The van der Waals surface area contributed by atoms with Gasteiger partial charge in [0.1, 0.15) is 5.82 Å². The fraction of sp³-hybridized carbons (Fsp3) is 0.429. The summed E-state index contributed by atoms with van der Waals surface area (Å²) in [5.74, 6) is 0.654. The first-order chi connectivity index (χ1) is 11.1. The molecule has 2 aromatic heterocycles. The molecule has 0 bridgehead atoms. The van der Waals surface area contributed by atoms with Crippen LogP contribution < -0.4 is 5.32 Å². The van der Waals surface area contributed by atoms with E-state index in [1.807, 2.05) is 23.1 Å². The Morgan fingerprint density at radius 3 is 3.00 bits per heavy atom. The second-order valence-electron chi connectivity index (χ2n) is 5.20. The Balaban J connectivity index is 1.67. The van der Waals surface area contributed by atoms with Gasteiger partial charge in [0.15, 0.2) is 5.16 Å². The van der Waals surface area contributed by atoms with Crippen LogP contribution in [0.4, 0.5) is 4.79 Å². The molecule has 1 aliphatic heterocycles. The molecule has 0 aromatic carbocycles. The molecule has 9 heteroatoms. The third-order valence-electron chi connectivity index (χ3n) is 3.59. The highest BCUT2D eigenvalue weighted by atomic mass is 32.2. The number of thiophene rings is 1. The fourth-order valence-corrected chi connectivity index (χ4v) is 3.88. The number of carbonyl (C=O) groups excluding carboxylic acids is 2. The van der Waals surface area contributed by atoms with Crippen molar-refractivity contribution >= 4 is 35.0 Å². The number of nitrogens with zero attached hydrogens (tertiary/aromatic N) is 4. The Labute approximate surface area is 142 Å². The zero-order valence-electron chi connectivity index (χ0n) is 12.9. The average molecular weight is 351 g/mol. The molecular weight excluding hydrogens is 334 g/mol. The molecule has 0 radical (unpaired) electrons. The summed E-state index contributed by atoms with van der Waals surface area (Å²) in [7, 11) is 1.89. The van der Waals surface area contributed by atoms with Gasteiger partial charge in [-0.2, -0.15) is 0 Å². The molecular formula is C14H17N5O2S2. The second-order valence-corrected chi connectivity index (χ2v) is 7.54. The molecule has 1 atom stereocenters. The number of thioether (sulfide) groups is 1. The maximum absolute atomic E-state index is 12.3. The van der Waals surface area contributed by atoms with E-state index in [4.69, 9.17) is 0 Å². The van der Waals surface area contributed by atoms with Crippen LogP contribution in [-0.4, -0.2) is 49.9 Å². The molecule has 3 heterocycles. The number of hydrogen-bond acceptors (Lipinski definition) is 6. The van der Waals surface area contributed by atoms with E-state index in [2.05, 4.69) is 21.6 Å². The van der Waals surface area contributed by atoms with E-state index in [0.717, 1.165) is 12.2 Å². The molecule has 7 nitrogen and oxygen atoms in total. The van der Waals surface area contributed by atoms with Crippen molar-refractivity contribution in [1.82, 2.24) is 25.0 Å². The maximum Gasteiger partial charge on any atom is 0.324 e. The van der Waals surface area contributed by atoms with Crippen molar-refractivity contribution in [2.75, 3.05) is 13.1 Å². The number of hydrogen-bond donors (Lipinski definition) is 1. The van der Waals surface area contributed by atoms with Gasteiger partial charge in [0.2, 0.25) is 5.91 Å². The monoisotopic (exact) mass is 351 g/mol. The Morgan fingerprint density at radius 2 is 2.35 bits per heavy atom. The molecule has 0 spiro atoms. The average Bonchev–Trinajstić information content (AvgIpc) is 3.25. The smallest absolute Gasteiger partial charge is 0.324 e. The molecule has 1 fully saturated rings. The molecule has 3 rings (SSSR count). The van der Waals surface area contributed by atoms with Crippen LogP contribution >= 0.6 is 23.1 Å². The van der Waals surface area contributed by atoms with Crippen LogP contribution in [0.3, 0.4) is 0 Å². The highest BCUT2D eigenvalue weighted by molar-refractivity contribution is 8.00. The van der Waals surface area contributed by atoms with Crippen LogP contribution in [-0.2, 0) is 18.3 Å². The van der Waals surface area contributed by atoms with Gasteiger partial charge >= 0.3 is 6.03 Å². The van der Waals surface area contributed by atoms with E-state index in [-0.39, 0.29) is 11.9 Å². The zero-order valence-corrected chi connectivity index (χ0v) is 14.5. The second kappa shape index (κ2) is 6.71. The highest BCUT2D eigenvalue weighted by Gasteiger charge is 2.31. The summed E-state index contributed by atoms with van der Waals surface area (Å²) < 4.78 is 1.90. The van der Waals surface area contributed by atoms with Crippen molar-refractivity contribution in [2.45, 2.75) is 23.8 Å². The van der Waals surface area contributed by atoms with Crippen molar-refractivity contribution in [1.29, 1.82) is 0 Å². The van der Waals surface area contributed by atoms with Crippen LogP contribution in [0.15, 0.2) is 22.7 Å². The molecule has 3 amide bonds. The van der Waals surface area contributed by atoms with Gasteiger partial charge in [0.25, 0.3) is 0 Å². The Morgan fingerprint density at radius 1 is 1.52 bits per heavy atom. The van der Waals surface area contributed by atoms with E-state index in [1.165, 1.54) is 21.5 Å². The van der Waals surface area contributed by atoms with E-state index in [0.29, 0.717) is 18.2 Å². The topological polar surface area (TPSA) is 80.1 Å². The van der Waals surface area contributed by atoms with Crippen molar-refractivity contribution in [3.63, 3.8) is 0 Å². The van der Waals surface area contributed by atoms with Gasteiger partial charge in [0, 0.05) is 31.4 Å². The lowest BCUT2D eigenvalue weighted by Gasteiger charge is -2.16.